The van der Waals surface area contributed by atoms with Crippen molar-refractivity contribution in [1.29, 1.82) is 0 Å². The summed E-state index contributed by atoms with van der Waals surface area (Å²) in [5, 5.41) is 0.551. The number of anilines is 2. The molecule has 4 rings (SSSR count). The Morgan fingerprint density at radius 2 is 1.62 bits per heavy atom. The Morgan fingerprint density at radius 3 is 2.26 bits per heavy atom. The van der Waals surface area contributed by atoms with Gasteiger partial charge in [0, 0.05) is 30.4 Å². The van der Waals surface area contributed by atoms with Gasteiger partial charge in [-0.15, -0.1) is 0 Å². The number of carbonyl (C=O) groups is 1. The van der Waals surface area contributed by atoms with E-state index in [9.17, 15) is 9.59 Å². The number of nitrogen functional groups attached to an aromatic ring is 1. The van der Waals surface area contributed by atoms with Crippen molar-refractivity contribution >= 4 is 40.2 Å². The summed E-state index contributed by atoms with van der Waals surface area (Å²) in [4.78, 5) is 37.9. The Hall–Kier alpha value is -3.95. The maximum atomic E-state index is 13.5. The highest BCUT2D eigenvalue weighted by Gasteiger charge is 2.20. The van der Waals surface area contributed by atoms with Gasteiger partial charge >= 0.3 is 5.69 Å². The second kappa shape index (κ2) is 9.50. The van der Waals surface area contributed by atoms with E-state index < -0.39 is 0 Å². The first kappa shape index (κ1) is 23.2. The summed E-state index contributed by atoms with van der Waals surface area (Å²) in [5.74, 6) is 0.0360. The zero-order valence-corrected chi connectivity index (χ0v) is 19.8. The Bertz CT molecular complexity index is 1420. The number of likely N-dealkylation sites (N-methyl/N-ethyl adjacent to an activating group) is 2. The van der Waals surface area contributed by atoms with Crippen LogP contribution in [0.4, 0.5) is 11.5 Å². The van der Waals surface area contributed by atoms with Crippen molar-refractivity contribution in [2.75, 3.05) is 38.3 Å². The number of fused-ring (bicyclic) bond motifs is 1. The van der Waals surface area contributed by atoms with Crippen LogP contribution in [0, 0.1) is 0 Å². The monoisotopic (exact) mass is 477 g/mol. The number of carbonyl (C=O) groups excluding carboxylic acids is 1. The maximum Gasteiger partial charge on any atom is 0.339 e. The van der Waals surface area contributed by atoms with Crippen molar-refractivity contribution in [3.63, 3.8) is 0 Å². The lowest BCUT2D eigenvalue weighted by Gasteiger charge is -2.16. The van der Waals surface area contributed by atoms with Gasteiger partial charge in [-0.2, -0.15) is 0 Å². The Labute approximate surface area is 201 Å². The predicted molar refractivity (Wildman–Crippen MR) is 135 cm³/mol. The molecular weight excluding hydrogens is 454 g/mol. The van der Waals surface area contributed by atoms with Gasteiger partial charge in [0.15, 0.2) is 11.5 Å². The minimum Gasteiger partial charge on any atom is -0.382 e. The average molecular weight is 478 g/mol. The molecule has 0 aliphatic heterocycles. The topological polar surface area (TPSA) is 102 Å². The summed E-state index contributed by atoms with van der Waals surface area (Å²) in [6.07, 6.45) is 4.67. The number of hydrogen-bond donors (Lipinski definition) is 1. The number of nitrogens with zero attached hydrogens (tertiary/aromatic N) is 6. The maximum absolute atomic E-state index is 13.5. The number of amides is 1. The van der Waals surface area contributed by atoms with E-state index in [0.717, 1.165) is 0 Å². The van der Waals surface area contributed by atoms with Crippen LogP contribution in [0.3, 0.4) is 0 Å². The summed E-state index contributed by atoms with van der Waals surface area (Å²) in [6, 6.07) is 13.9. The molecule has 0 aliphatic carbocycles. The smallest absolute Gasteiger partial charge is 0.339 e. The van der Waals surface area contributed by atoms with E-state index in [1.54, 1.807) is 55.6 Å². The number of halogens is 1. The van der Waals surface area contributed by atoms with Crippen LogP contribution in [-0.4, -0.2) is 57.6 Å². The van der Waals surface area contributed by atoms with Gasteiger partial charge in [0.05, 0.1) is 11.4 Å². The van der Waals surface area contributed by atoms with Gasteiger partial charge in [-0.05, 0) is 62.6 Å². The van der Waals surface area contributed by atoms with E-state index in [0.29, 0.717) is 39.8 Å². The predicted octanol–water partition coefficient (Wildman–Crippen LogP) is 2.89. The molecule has 0 fully saturated rings. The number of nitrogens with two attached hydrogens (primary N) is 1. The zero-order chi connectivity index (χ0) is 24.4. The van der Waals surface area contributed by atoms with Gasteiger partial charge in [0.1, 0.15) is 11.8 Å². The third kappa shape index (κ3) is 4.43. The molecule has 2 N–H and O–H groups in total. The van der Waals surface area contributed by atoms with E-state index in [2.05, 4.69) is 9.97 Å². The molecule has 2 heterocycles. The lowest BCUT2D eigenvalue weighted by Crippen LogP contribution is -2.25. The number of imidazole rings is 1. The highest BCUT2D eigenvalue weighted by atomic mass is 35.5. The molecule has 0 bridgehead atoms. The standard InChI is InChI=1S/C24H24ClN7O2/c1-29(2)14-4-5-20(33)30(3)17-10-12-19(13-11-17)32-23-21(22(26)27-15-28-23)31(24(32)34)18-8-6-16(25)7-9-18/h4-13,15H,14H2,1-3H3,(H2,26,27,28)/b5-4+. The second-order valence-electron chi connectivity index (χ2n) is 7.94. The molecule has 0 unspecified atom stereocenters. The van der Waals surface area contributed by atoms with Crippen LogP contribution in [-0.2, 0) is 4.79 Å². The van der Waals surface area contributed by atoms with Crippen LogP contribution in [0.5, 0.6) is 0 Å². The normalized spacial score (nSPS) is 11.6. The van der Waals surface area contributed by atoms with Crippen LogP contribution in [0.25, 0.3) is 22.5 Å². The molecule has 2 aromatic carbocycles. The summed E-state index contributed by atoms with van der Waals surface area (Å²) in [7, 11) is 5.56. The van der Waals surface area contributed by atoms with Crippen LogP contribution < -0.4 is 16.3 Å². The quantitative estimate of drug-likeness (QED) is 0.428. The molecule has 0 atom stereocenters. The van der Waals surface area contributed by atoms with E-state index in [4.69, 9.17) is 17.3 Å². The molecule has 2 aromatic heterocycles. The van der Waals surface area contributed by atoms with Crippen molar-refractivity contribution < 1.29 is 4.79 Å². The molecule has 10 heteroatoms. The van der Waals surface area contributed by atoms with Crippen LogP contribution in [0.2, 0.25) is 5.02 Å². The Morgan fingerprint density at radius 1 is 1.00 bits per heavy atom. The van der Waals surface area contributed by atoms with Crippen molar-refractivity contribution in [2.45, 2.75) is 0 Å². The number of benzene rings is 2. The van der Waals surface area contributed by atoms with E-state index >= 15 is 0 Å². The second-order valence-corrected chi connectivity index (χ2v) is 8.38. The summed E-state index contributed by atoms with van der Waals surface area (Å²) >= 11 is 6.02. The highest BCUT2D eigenvalue weighted by molar-refractivity contribution is 6.30. The Balaban J connectivity index is 1.75. The third-order valence-electron chi connectivity index (χ3n) is 5.29. The summed E-state index contributed by atoms with van der Waals surface area (Å²) < 4.78 is 2.92. The molecule has 0 aliphatic rings. The van der Waals surface area contributed by atoms with Gasteiger partial charge in [-0.3, -0.25) is 9.36 Å². The highest BCUT2D eigenvalue weighted by Crippen LogP contribution is 2.24. The van der Waals surface area contributed by atoms with Crippen molar-refractivity contribution in [3.05, 3.63) is 82.5 Å². The van der Waals surface area contributed by atoms with Gasteiger partial charge in [0.25, 0.3) is 0 Å². The summed E-state index contributed by atoms with van der Waals surface area (Å²) in [6.45, 7) is 0.671. The van der Waals surface area contributed by atoms with Crippen molar-refractivity contribution in [2.24, 2.45) is 0 Å². The fourth-order valence-corrected chi connectivity index (χ4v) is 3.66. The molecule has 0 saturated carbocycles. The van der Waals surface area contributed by atoms with Crippen molar-refractivity contribution in [1.82, 2.24) is 24.0 Å². The van der Waals surface area contributed by atoms with Crippen LogP contribution in [0.1, 0.15) is 0 Å². The first-order valence-electron chi connectivity index (χ1n) is 10.5. The molecule has 0 spiro atoms. The number of aromatic nitrogens is 4. The first-order valence-corrected chi connectivity index (χ1v) is 10.8. The lowest BCUT2D eigenvalue weighted by atomic mass is 10.2. The molecule has 174 valence electrons. The van der Waals surface area contributed by atoms with Crippen molar-refractivity contribution in [3.8, 4) is 11.4 Å². The molecule has 9 nitrogen and oxygen atoms in total. The van der Waals surface area contributed by atoms with Crippen LogP contribution in [0.15, 0.2) is 71.8 Å². The number of rotatable bonds is 6. The molecule has 0 radical (unpaired) electrons. The van der Waals surface area contributed by atoms with Gasteiger partial charge < -0.3 is 15.5 Å². The number of hydrogen-bond acceptors (Lipinski definition) is 6. The molecule has 4 aromatic rings. The largest absolute Gasteiger partial charge is 0.382 e. The van der Waals surface area contributed by atoms with E-state index in [1.165, 1.54) is 26.4 Å². The van der Waals surface area contributed by atoms with E-state index in [-0.39, 0.29) is 17.4 Å². The fourth-order valence-electron chi connectivity index (χ4n) is 3.54. The van der Waals surface area contributed by atoms with E-state index in [1.807, 2.05) is 25.1 Å². The fraction of sp³-hybridized carbons (Fsp3) is 0.167. The minimum atomic E-state index is -0.353. The van der Waals surface area contributed by atoms with Gasteiger partial charge in [-0.25, -0.2) is 19.3 Å². The molecule has 1 amide bonds. The van der Waals surface area contributed by atoms with Crippen LogP contribution >= 0.6 is 11.6 Å². The molecule has 0 saturated heterocycles. The lowest BCUT2D eigenvalue weighted by molar-refractivity contribution is -0.113. The first-order chi connectivity index (χ1) is 16.3. The average Bonchev–Trinajstić information content (AvgIpc) is 3.12. The third-order valence-corrected chi connectivity index (χ3v) is 5.54. The molecule has 34 heavy (non-hydrogen) atoms. The molecular formula is C24H24ClN7O2. The van der Waals surface area contributed by atoms with Gasteiger partial charge in [0.2, 0.25) is 5.91 Å². The SMILES string of the molecule is CN(C)C/C=C/C(=O)N(C)c1ccc(-n2c(=O)n(-c3ccc(Cl)cc3)c3c(N)ncnc32)cc1. The summed E-state index contributed by atoms with van der Waals surface area (Å²) in [5.41, 5.74) is 8.41. The minimum absolute atomic E-state index is 0.147. The Kier molecular flexibility index (Phi) is 6.49. The van der Waals surface area contributed by atoms with Gasteiger partial charge in [-0.1, -0.05) is 17.7 Å². The zero-order valence-electron chi connectivity index (χ0n) is 19.0.